The molecule has 1 saturated heterocycles. The van der Waals surface area contributed by atoms with Gasteiger partial charge in [0, 0.05) is 36.9 Å². The highest BCUT2D eigenvalue weighted by atomic mass is 16.5. The van der Waals surface area contributed by atoms with Gasteiger partial charge in [0.05, 0.1) is 18.6 Å². The average Bonchev–Trinajstić information content (AvgIpc) is 3.37. The van der Waals surface area contributed by atoms with Gasteiger partial charge in [-0.25, -0.2) is 4.98 Å². The second-order valence-electron chi connectivity index (χ2n) is 7.46. The lowest BCUT2D eigenvalue weighted by Gasteiger charge is -2.33. The van der Waals surface area contributed by atoms with Crippen LogP contribution in [0.5, 0.6) is 0 Å². The van der Waals surface area contributed by atoms with Crippen molar-refractivity contribution in [1.82, 2.24) is 14.5 Å². The molecule has 0 saturated carbocycles. The van der Waals surface area contributed by atoms with Crippen molar-refractivity contribution in [2.45, 2.75) is 37.6 Å². The molecule has 0 unspecified atom stereocenters. The van der Waals surface area contributed by atoms with Crippen molar-refractivity contribution in [3.8, 4) is 11.3 Å². The maximum absolute atomic E-state index is 5.24. The van der Waals surface area contributed by atoms with E-state index < -0.39 is 0 Å². The van der Waals surface area contributed by atoms with Gasteiger partial charge in [-0.3, -0.25) is 0 Å². The van der Waals surface area contributed by atoms with Crippen LogP contribution in [0.25, 0.3) is 11.3 Å². The standard InChI is InChI=1S/C22H29N3O/c1-26-16-15-24-13-11-19(12-14-24)22-21(18-7-3-2-4-8-18)23-17-25(22)20-9-5-6-10-20/h2-8,17,19-20H,9-16H2,1H3. The van der Waals surface area contributed by atoms with Gasteiger partial charge in [0.1, 0.15) is 0 Å². The van der Waals surface area contributed by atoms with Gasteiger partial charge in [-0.2, -0.15) is 0 Å². The number of allylic oxidation sites excluding steroid dienone is 2. The van der Waals surface area contributed by atoms with Crippen molar-refractivity contribution >= 4 is 0 Å². The third kappa shape index (κ3) is 3.62. The van der Waals surface area contributed by atoms with E-state index in [2.05, 4.69) is 58.3 Å². The Balaban J connectivity index is 1.60. The largest absolute Gasteiger partial charge is 0.383 e. The van der Waals surface area contributed by atoms with Crippen LogP contribution >= 0.6 is 0 Å². The molecular weight excluding hydrogens is 322 g/mol. The van der Waals surface area contributed by atoms with Crippen molar-refractivity contribution in [2.24, 2.45) is 0 Å². The Bertz CT molecular complexity index is 721. The molecule has 4 heteroatoms. The van der Waals surface area contributed by atoms with E-state index in [4.69, 9.17) is 9.72 Å². The predicted molar refractivity (Wildman–Crippen MR) is 105 cm³/mol. The van der Waals surface area contributed by atoms with Crippen LogP contribution in [0.3, 0.4) is 0 Å². The maximum atomic E-state index is 5.24. The number of imidazole rings is 1. The van der Waals surface area contributed by atoms with E-state index in [0.29, 0.717) is 12.0 Å². The third-order valence-electron chi connectivity index (χ3n) is 5.84. The van der Waals surface area contributed by atoms with E-state index in [1.54, 1.807) is 7.11 Å². The summed E-state index contributed by atoms with van der Waals surface area (Å²) in [4.78, 5) is 7.40. The second kappa shape index (κ2) is 8.19. The molecule has 4 nitrogen and oxygen atoms in total. The first-order valence-electron chi connectivity index (χ1n) is 9.85. The highest BCUT2D eigenvalue weighted by Gasteiger charge is 2.29. The quantitative estimate of drug-likeness (QED) is 0.728. The van der Waals surface area contributed by atoms with Gasteiger partial charge in [-0.1, -0.05) is 42.5 Å². The van der Waals surface area contributed by atoms with E-state index in [1.807, 2.05) is 0 Å². The van der Waals surface area contributed by atoms with Gasteiger partial charge in [0.25, 0.3) is 0 Å². The van der Waals surface area contributed by atoms with Crippen molar-refractivity contribution in [2.75, 3.05) is 33.4 Å². The summed E-state index contributed by atoms with van der Waals surface area (Å²) in [6.45, 7) is 4.17. The smallest absolute Gasteiger partial charge is 0.0958 e. The van der Waals surface area contributed by atoms with Crippen LogP contribution in [0.2, 0.25) is 0 Å². The number of likely N-dealkylation sites (tertiary alicyclic amines) is 1. The van der Waals surface area contributed by atoms with Gasteiger partial charge in [-0.05, 0) is 38.8 Å². The van der Waals surface area contributed by atoms with Gasteiger partial charge in [0.2, 0.25) is 0 Å². The Hall–Kier alpha value is -1.91. The fourth-order valence-corrected chi connectivity index (χ4v) is 4.36. The minimum absolute atomic E-state index is 0.543. The summed E-state index contributed by atoms with van der Waals surface area (Å²) >= 11 is 0. The Labute approximate surface area is 156 Å². The van der Waals surface area contributed by atoms with Crippen molar-refractivity contribution in [3.05, 3.63) is 54.5 Å². The van der Waals surface area contributed by atoms with E-state index in [1.165, 1.54) is 29.8 Å². The molecular formula is C22H29N3O. The van der Waals surface area contributed by atoms with Crippen LogP contribution in [0.15, 0.2) is 48.8 Å². The molecule has 0 radical (unpaired) electrons. The lowest BCUT2D eigenvalue weighted by molar-refractivity contribution is 0.129. The Morgan fingerprint density at radius 2 is 1.81 bits per heavy atom. The fraction of sp³-hybridized carbons (Fsp3) is 0.500. The molecule has 2 aliphatic rings. The van der Waals surface area contributed by atoms with E-state index in [-0.39, 0.29) is 0 Å². The average molecular weight is 351 g/mol. The first-order valence-corrected chi connectivity index (χ1v) is 9.85. The zero-order chi connectivity index (χ0) is 17.8. The molecule has 138 valence electrons. The summed E-state index contributed by atoms with van der Waals surface area (Å²) in [5.74, 6) is 0.590. The molecule has 1 fully saturated rings. The molecule has 2 aromatic rings. The molecule has 0 atom stereocenters. The Morgan fingerprint density at radius 1 is 1.08 bits per heavy atom. The summed E-state index contributed by atoms with van der Waals surface area (Å²) in [5.41, 5.74) is 3.89. The highest BCUT2D eigenvalue weighted by Crippen LogP contribution is 2.38. The number of hydrogen-bond acceptors (Lipinski definition) is 3. The van der Waals surface area contributed by atoms with Crippen molar-refractivity contribution in [1.29, 1.82) is 0 Å². The van der Waals surface area contributed by atoms with Crippen LogP contribution in [0.1, 0.15) is 43.3 Å². The Kier molecular flexibility index (Phi) is 5.51. The van der Waals surface area contributed by atoms with Gasteiger partial charge >= 0.3 is 0 Å². The number of ether oxygens (including phenoxy) is 1. The fourth-order valence-electron chi connectivity index (χ4n) is 4.36. The molecule has 4 rings (SSSR count). The summed E-state index contributed by atoms with van der Waals surface area (Å²) in [7, 11) is 1.78. The first-order chi connectivity index (χ1) is 12.9. The molecule has 1 aliphatic heterocycles. The van der Waals surface area contributed by atoms with E-state index in [9.17, 15) is 0 Å². The zero-order valence-corrected chi connectivity index (χ0v) is 15.7. The van der Waals surface area contributed by atoms with Crippen LogP contribution in [-0.2, 0) is 4.74 Å². The SMILES string of the molecule is COCCN1CCC(c2c(-c3ccccc3)ncn2C2CC=CC2)CC1. The van der Waals surface area contributed by atoms with Gasteiger partial charge in [0.15, 0.2) is 0 Å². The molecule has 0 bridgehead atoms. The lowest BCUT2D eigenvalue weighted by Crippen LogP contribution is -2.35. The van der Waals surface area contributed by atoms with Gasteiger partial charge in [-0.15, -0.1) is 0 Å². The summed E-state index contributed by atoms with van der Waals surface area (Å²) in [6.07, 6.45) is 11.4. The molecule has 1 aromatic carbocycles. The van der Waals surface area contributed by atoms with E-state index in [0.717, 1.165) is 39.1 Å². The number of hydrogen-bond donors (Lipinski definition) is 0. The molecule has 26 heavy (non-hydrogen) atoms. The normalized spacial score (nSPS) is 19.4. The van der Waals surface area contributed by atoms with Gasteiger partial charge < -0.3 is 14.2 Å². The van der Waals surface area contributed by atoms with Crippen LogP contribution in [0.4, 0.5) is 0 Å². The number of benzene rings is 1. The first kappa shape index (κ1) is 17.5. The predicted octanol–water partition coefficient (Wildman–Crippen LogP) is 4.27. The Morgan fingerprint density at radius 3 is 2.50 bits per heavy atom. The summed E-state index contributed by atoms with van der Waals surface area (Å²) in [6, 6.07) is 11.2. The number of piperidine rings is 1. The minimum atomic E-state index is 0.543. The molecule has 1 aromatic heterocycles. The monoisotopic (exact) mass is 351 g/mol. The molecule has 0 N–H and O–H groups in total. The van der Waals surface area contributed by atoms with E-state index >= 15 is 0 Å². The number of methoxy groups -OCH3 is 1. The number of rotatable bonds is 6. The summed E-state index contributed by atoms with van der Waals surface area (Å²) in [5, 5.41) is 0. The molecule has 1 aliphatic carbocycles. The number of nitrogens with zero attached hydrogens (tertiary/aromatic N) is 3. The maximum Gasteiger partial charge on any atom is 0.0958 e. The molecule has 0 spiro atoms. The number of aromatic nitrogens is 2. The molecule has 2 heterocycles. The van der Waals surface area contributed by atoms with Crippen molar-refractivity contribution < 1.29 is 4.74 Å². The zero-order valence-electron chi connectivity index (χ0n) is 15.7. The van der Waals surface area contributed by atoms with Crippen LogP contribution < -0.4 is 0 Å². The lowest BCUT2D eigenvalue weighted by atomic mass is 9.90. The highest BCUT2D eigenvalue weighted by molar-refractivity contribution is 5.62. The second-order valence-corrected chi connectivity index (χ2v) is 7.46. The minimum Gasteiger partial charge on any atom is -0.383 e. The van der Waals surface area contributed by atoms with Crippen molar-refractivity contribution in [3.63, 3.8) is 0 Å². The summed E-state index contributed by atoms with van der Waals surface area (Å²) < 4.78 is 7.73. The van der Waals surface area contributed by atoms with Crippen LogP contribution in [0, 0.1) is 0 Å². The van der Waals surface area contributed by atoms with Crippen LogP contribution in [-0.4, -0.2) is 47.8 Å². The molecule has 0 amide bonds. The topological polar surface area (TPSA) is 30.3 Å². The third-order valence-corrected chi connectivity index (χ3v) is 5.84.